The summed E-state index contributed by atoms with van der Waals surface area (Å²) in [4.78, 5) is 25.8. The average molecular weight is 250 g/mol. The Balaban J connectivity index is 1.92. The molecule has 0 aromatic carbocycles. The Hall–Kier alpha value is -1.32. The topological polar surface area (TPSA) is 49.4 Å². The van der Waals surface area contributed by atoms with Gasteiger partial charge in [0.1, 0.15) is 6.54 Å². The first kappa shape index (κ1) is 13.1. The van der Waals surface area contributed by atoms with Gasteiger partial charge < -0.3 is 10.2 Å². The van der Waals surface area contributed by atoms with Crippen molar-refractivity contribution in [1.82, 2.24) is 10.2 Å². The van der Waals surface area contributed by atoms with Gasteiger partial charge in [-0.3, -0.25) is 9.59 Å². The average Bonchev–Trinajstić information content (AvgIpc) is 3.17. The second kappa shape index (κ2) is 5.55. The lowest BCUT2D eigenvalue weighted by molar-refractivity contribution is -0.133. The van der Waals surface area contributed by atoms with Crippen molar-refractivity contribution in [2.45, 2.75) is 58.0 Å². The summed E-state index contributed by atoms with van der Waals surface area (Å²) in [6.45, 7) is 4.06. The molecule has 0 spiro atoms. The molecule has 0 aromatic heterocycles. The SMILES string of the molecule is CC/C=C(\C)C(=O)N(CC(=O)NC1CC1)C1CC1. The summed E-state index contributed by atoms with van der Waals surface area (Å²) in [6, 6.07) is 0.642. The maximum absolute atomic E-state index is 12.2. The van der Waals surface area contributed by atoms with E-state index < -0.39 is 0 Å². The monoisotopic (exact) mass is 250 g/mol. The molecule has 2 saturated carbocycles. The molecule has 0 aromatic rings. The molecule has 2 amide bonds. The molecule has 4 heteroatoms. The van der Waals surface area contributed by atoms with E-state index in [1.165, 1.54) is 0 Å². The summed E-state index contributed by atoms with van der Waals surface area (Å²) in [5.74, 6) is 0.00680. The molecule has 2 rings (SSSR count). The van der Waals surface area contributed by atoms with E-state index in [1.807, 2.05) is 19.9 Å². The fourth-order valence-corrected chi connectivity index (χ4v) is 2.03. The fourth-order valence-electron chi connectivity index (χ4n) is 2.03. The molecule has 0 heterocycles. The molecule has 2 aliphatic carbocycles. The molecular formula is C14H22N2O2. The number of carbonyl (C=O) groups is 2. The highest BCUT2D eigenvalue weighted by molar-refractivity contribution is 5.95. The number of nitrogens with zero attached hydrogens (tertiary/aromatic N) is 1. The van der Waals surface area contributed by atoms with Crippen LogP contribution in [-0.4, -0.2) is 35.3 Å². The molecule has 0 atom stereocenters. The predicted octanol–water partition coefficient (Wildman–Crippen LogP) is 1.61. The second-order valence-corrected chi connectivity index (χ2v) is 5.30. The van der Waals surface area contributed by atoms with Crippen LogP contribution < -0.4 is 5.32 Å². The van der Waals surface area contributed by atoms with E-state index in [-0.39, 0.29) is 24.4 Å². The zero-order valence-electron chi connectivity index (χ0n) is 11.2. The van der Waals surface area contributed by atoms with E-state index in [0.717, 1.165) is 37.7 Å². The van der Waals surface area contributed by atoms with Crippen molar-refractivity contribution in [2.75, 3.05) is 6.54 Å². The summed E-state index contributed by atoms with van der Waals surface area (Å²) in [5.41, 5.74) is 0.753. The quantitative estimate of drug-likeness (QED) is 0.728. The molecule has 4 nitrogen and oxygen atoms in total. The molecule has 2 aliphatic rings. The standard InChI is InChI=1S/C14H22N2O2/c1-3-4-10(2)14(18)16(12-7-8-12)9-13(17)15-11-5-6-11/h4,11-12H,3,5-9H2,1-2H3,(H,15,17)/b10-4+. The number of nitrogens with one attached hydrogen (secondary N) is 1. The lowest BCUT2D eigenvalue weighted by Crippen LogP contribution is -2.42. The highest BCUT2D eigenvalue weighted by Gasteiger charge is 2.35. The third-order valence-electron chi connectivity index (χ3n) is 3.35. The lowest BCUT2D eigenvalue weighted by Gasteiger charge is -2.22. The summed E-state index contributed by atoms with van der Waals surface area (Å²) >= 11 is 0. The Morgan fingerprint density at radius 1 is 1.28 bits per heavy atom. The summed E-state index contributed by atoms with van der Waals surface area (Å²) in [5, 5.41) is 2.94. The highest BCUT2D eigenvalue weighted by Crippen LogP contribution is 2.28. The smallest absolute Gasteiger partial charge is 0.249 e. The number of hydrogen-bond acceptors (Lipinski definition) is 2. The molecule has 2 fully saturated rings. The van der Waals surface area contributed by atoms with Gasteiger partial charge in [0.05, 0.1) is 0 Å². The zero-order valence-corrected chi connectivity index (χ0v) is 11.2. The van der Waals surface area contributed by atoms with E-state index in [9.17, 15) is 9.59 Å². The van der Waals surface area contributed by atoms with Crippen LogP contribution >= 0.6 is 0 Å². The highest BCUT2D eigenvalue weighted by atomic mass is 16.2. The maximum atomic E-state index is 12.2. The van der Waals surface area contributed by atoms with E-state index in [1.54, 1.807) is 4.90 Å². The number of carbonyl (C=O) groups excluding carboxylic acids is 2. The van der Waals surface area contributed by atoms with Crippen molar-refractivity contribution < 1.29 is 9.59 Å². The van der Waals surface area contributed by atoms with Crippen molar-refractivity contribution >= 4 is 11.8 Å². The van der Waals surface area contributed by atoms with Crippen LogP contribution in [0.1, 0.15) is 46.0 Å². The van der Waals surface area contributed by atoms with Crippen molar-refractivity contribution in [2.24, 2.45) is 0 Å². The van der Waals surface area contributed by atoms with Gasteiger partial charge in [0, 0.05) is 17.7 Å². The van der Waals surface area contributed by atoms with E-state index in [4.69, 9.17) is 0 Å². The molecule has 0 aliphatic heterocycles. The predicted molar refractivity (Wildman–Crippen MR) is 69.9 cm³/mol. The Bertz CT molecular complexity index is 368. The normalized spacial score (nSPS) is 19.6. The van der Waals surface area contributed by atoms with E-state index in [0.29, 0.717) is 6.04 Å². The van der Waals surface area contributed by atoms with Gasteiger partial charge in [0.25, 0.3) is 0 Å². The van der Waals surface area contributed by atoms with Crippen LogP contribution in [0.4, 0.5) is 0 Å². The summed E-state index contributed by atoms with van der Waals surface area (Å²) < 4.78 is 0. The van der Waals surface area contributed by atoms with Gasteiger partial charge in [-0.15, -0.1) is 0 Å². The number of hydrogen-bond donors (Lipinski definition) is 1. The van der Waals surface area contributed by atoms with Crippen LogP contribution in [0.2, 0.25) is 0 Å². The minimum atomic E-state index is -0.0120. The maximum Gasteiger partial charge on any atom is 0.249 e. The van der Waals surface area contributed by atoms with Gasteiger partial charge in [0.2, 0.25) is 11.8 Å². The van der Waals surface area contributed by atoms with Gasteiger partial charge in [-0.25, -0.2) is 0 Å². The van der Waals surface area contributed by atoms with Gasteiger partial charge in [-0.2, -0.15) is 0 Å². The van der Waals surface area contributed by atoms with Crippen molar-refractivity contribution in [3.05, 3.63) is 11.6 Å². The largest absolute Gasteiger partial charge is 0.352 e. The molecule has 18 heavy (non-hydrogen) atoms. The number of amides is 2. The lowest BCUT2D eigenvalue weighted by atomic mass is 10.2. The van der Waals surface area contributed by atoms with Crippen LogP contribution in [-0.2, 0) is 9.59 Å². The molecular weight excluding hydrogens is 228 g/mol. The molecule has 100 valence electrons. The summed E-state index contributed by atoms with van der Waals surface area (Å²) in [6.07, 6.45) is 7.00. The molecule has 0 saturated heterocycles. The van der Waals surface area contributed by atoms with Crippen LogP contribution in [0.5, 0.6) is 0 Å². The Labute approximate surface area is 108 Å². The van der Waals surface area contributed by atoms with Crippen molar-refractivity contribution in [3.63, 3.8) is 0 Å². The minimum absolute atomic E-state index is 0.0120. The first-order valence-corrected chi connectivity index (χ1v) is 6.89. The molecule has 0 radical (unpaired) electrons. The Morgan fingerprint density at radius 3 is 2.44 bits per heavy atom. The van der Waals surface area contributed by atoms with Gasteiger partial charge >= 0.3 is 0 Å². The number of allylic oxidation sites excluding steroid dienone is 1. The van der Waals surface area contributed by atoms with Gasteiger partial charge in [-0.1, -0.05) is 13.0 Å². The number of rotatable bonds is 6. The Kier molecular flexibility index (Phi) is 4.04. The molecule has 0 bridgehead atoms. The first-order valence-electron chi connectivity index (χ1n) is 6.89. The van der Waals surface area contributed by atoms with E-state index >= 15 is 0 Å². The van der Waals surface area contributed by atoms with E-state index in [2.05, 4.69) is 5.32 Å². The minimum Gasteiger partial charge on any atom is -0.352 e. The Morgan fingerprint density at radius 2 is 1.94 bits per heavy atom. The zero-order chi connectivity index (χ0) is 13.1. The molecule has 0 unspecified atom stereocenters. The van der Waals surface area contributed by atoms with Crippen LogP contribution in [0.25, 0.3) is 0 Å². The van der Waals surface area contributed by atoms with Gasteiger partial charge in [0.15, 0.2) is 0 Å². The second-order valence-electron chi connectivity index (χ2n) is 5.30. The third-order valence-corrected chi connectivity index (χ3v) is 3.35. The molecule has 1 N–H and O–H groups in total. The summed E-state index contributed by atoms with van der Waals surface area (Å²) in [7, 11) is 0. The first-order chi connectivity index (χ1) is 8.61. The third kappa shape index (κ3) is 3.59. The van der Waals surface area contributed by atoms with Crippen LogP contribution in [0.3, 0.4) is 0 Å². The van der Waals surface area contributed by atoms with Crippen LogP contribution in [0, 0.1) is 0 Å². The van der Waals surface area contributed by atoms with Gasteiger partial charge in [-0.05, 0) is 39.0 Å². The van der Waals surface area contributed by atoms with Crippen molar-refractivity contribution in [1.29, 1.82) is 0 Å². The van der Waals surface area contributed by atoms with Crippen LogP contribution in [0.15, 0.2) is 11.6 Å². The fraction of sp³-hybridized carbons (Fsp3) is 0.714. The van der Waals surface area contributed by atoms with Crippen molar-refractivity contribution in [3.8, 4) is 0 Å².